The number of ether oxygens (including phenoxy) is 3. The van der Waals surface area contributed by atoms with Crippen molar-refractivity contribution < 1.29 is 28.6 Å². The maximum atomic E-state index is 12.7. The Morgan fingerprint density at radius 1 is 1.10 bits per heavy atom. The molecule has 0 aromatic heterocycles. The second-order valence-corrected chi connectivity index (χ2v) is 7.60. The number of halogens is 1. The molecule has 2 amide bonds. The summed E-state index contributed by atoms with van der Waals surface area (Å²) in [6.45, 7) is -0.0847. The molecule has 0 N–H and O–H groups in total. The minimum Gasteiger partial charge on any atom is -0.493 e. The fourth-order valence-corrected chi connectivity index (χ4v) is 3.61. The molecule has 9 heteroatoms. The first-order valence-corrected chi connectivity index (χ1v) is 9.98. The molecule has 2 aromatic carbocycles. The molecule has 3 rings (SSSR count). The zero-order valence-corrected chi connectivity index (χ0v) is 17.8. The summed E-state index contributed by atoms with van der Waals surface area (Å²) in [7, 11) is 2.73. The molecule has 1 heterocycles. The van der Waals surface area contributed by atoms with E-state index in [2.05, 4.69) is 4.74 Å². The molecule has 0 radical (unpaired) electrons. The third kappa shape index (κ3) is 5.14. The molecule has 30 heavy (non-hydrogen) atoms. The average Bonchev–Trinajstić information content (AvgIpc) is 3.01. The van der Waals surface area contributed by atoms with Gasteiger partial charge < -0.3 is 14.2 Å². The summed E-state index contributed by atoms with van der Waals surface area (Å²) in [5.74, 6) is -0.149. The van der Waals surface area contributed by atoms with Crippen LogP contribution >= 0.6 is 23.4 Å². The summed E-state index contributed by atoms with van der Waals surface area (Å²) in [5, 5.41) is 0.243. The van der Waals surface area contributed by atoms with Crippen molar-refractivity contribution in [3.05, 3.63) is 63.5 Å². The predicted molar refractivity (Wildman–Crippen MR) is 113 cm³/mol. The summed E-state index contributed by atoms with van der Waals surface area (Å²) in [6.07, 6.45) is 1.61. The van der Waals surface area contributed by atoms with E-state index in [0.717, 1.165) is 17.3 Å². The van der Waals surface area contributed by atoms with E-state index < -0.39 is 5.97 Å². The Morgan fingerprint density at radius 2 is 1.83 bits per heavy atom. The summed E-state index contributed by atoms with van der Waals surface area (Å²) in [5.41, 5.74) is 1.45. The molecule has 1 aliphatic rings. The maximum Gasteiger partial charge on any atom is 0.343 e. The normalized spacial score (nSPS) is 14.9. The van der Waals surface area contributed by atoms with Gasteiger partial charge in [0.25, 0.3) is 11.1 Å². The highest BCUT2D eigenvalue weighted by atomic mass is 35.5. The first-order chi connectivity index (χ1) is 14.4. The van der Waals surface area contributed by atoms with Crippen molar-refractivity contribution in [2.24, 2.45) is 0 Å². The number of rotatable bonds is 7. The summed E-state index contributed by atoms with van der Waals surface area (Å²) in [6, 6.07) is 11.9. The van der Waals surface area contributed by atoms with Crippen LogP contribution < -0.4 is 9.47 Å². The van der Waals surface area contributed by atoms with Crippen LogP contribution in [0.2, 0.25) is 5.02 Å². The number of benzene rings is 2. The third-order valence-electron chi connectivity index (χ3n) is 4.19. The van der Waals surface area contributed by atoms with Crippen LogP contribution in [0.4, 0.5) is 4.79 Å². The largest absolute Gasteiger partial charge is 0.493 e. The lowest BCUT2D eigenvalue weighted by molar-refractivity contribution is -0.142. The van der Waals surface area contributed by atoms with Gasteiger partial charge in [-0.15, -0.1) is 0 Å². The molecule has 0 bridgehead atoms. The van der Waals surface area contributed by atoms with Crippen LogP contribution in [0.25, 0.3) is 6.08 Å². The molecule has 0 saturated carbocycles. The van der Waals surface area contributed by atoms with Gasteiger partial charge in [0, 0.05) is 5.02 Å². The number of hydrogen-bond acceptors (Lipinski definition) is 7. The highest BCUT2D eigenvalue weighted by Gasteiger charge is 2.35. The molecular formula is C21H18ClNO6S. The first-order valence-electron chi connectivity index (χ1n) is 8.78. The van der Waals surface area contributed by atoms with Gasteiger partial charge in [-0.25, -0.2) is 4.79 Å². The SMILES string of the molecule is COC(=O)COc1ccc(C=C2SC(=O)N(Cc3ccc(Cl)cc3)C2=O)cc1OC. The second-order valence-electron chi connectivity index (χ2n) is 6.17. The number of hydrogen-bond donors (Lipinski definition) is 0. The summed E-state index contributed by atoms with van der Waals surface area (Å²) >= 11 is 6.75. The van der Waals surface area contributed by atoms with Crippen molar-refractivity contribution in [3.8, 4) is 11.5 Å². The number of amides is 2. The van der Waals surface area contributed by atoms with Gasteiger partial charge in [-0.1, -0.05) is 29.8 Å². The highest BCUT2D eigenvalue weighted by molar-refractivity contribution is 8.18. The number of nitrogens with zero attached hydrogens (tertiary/aromatic N) is 1. The molecule has 2 aromatic rings. The molecule has 7 nitrogen and oxygen atoms in total. The Balaban J connectivity index is 1.76. The molecule has 1 aliphatic heterocycles. The Kier molecular flexibility index (Phi) is 7.02. The van der Waals surface area contributed by atoms with E-state index in [-0.39, 0.29) is 24.3 Å². The van der Waals surface area contributed by atoms with Crippen LogP contribution in [0, 0.1) is 0 Å². The number of imide groups is 1. The molecular weight excluding hydrogens is 430 g/mol. The van der Waals surface area contributed by atoms with Crippen molar-refractivity contribution in [1.82, 2.24) is 4.90 Å². The lowest BCUT2D eigenvalue weighted by Crippen LogP contribution is -2.27. The van der Waals surface area contributed by atoms with Crippen molar-refractivity contribution in [1.29, 1.82) is 0 Å². The van der Waals surface area contributed by atoms with Gasteiger partial charge in [-0.05, 0) is 53.2 Å². The number of thioether (sulfide) groups is 1. The van der Waals surface area contributed by atoms with Gasteiger partial charge in [-0.3, -0.25) is 14.5 Å². The smallest absolute Gasteiger partial charge is 0.343 e. The second kappa shape index (κ2) is 9.69. The number of carbonyl (C=O) groups is 3. The minimum absolute atomic E-state index is 0.169. The quantitative estimate of drug-likeness (QED) is 0.466. The lowest BCUT2D eigenvalue weighted by atomic mass is 10.1. The van der Waals surface area contributed by atoms with Crippen LogP contribution in [0.5, 0.6) is 11.5 Å². The molecule has 0 unspecified atom stereocenters. The molecule has 1 saturated heterocycles. The predicted octanol–water partition coefficient (Wildman–Crippen LogP) is 4.14. The van der Waals surface area contributed by atoms with Crippen LogP contribution in [-0.4, -0.2) is 42.8 Å². The van der Waals surface area contributed by atoms with Gasteiger partial charge >= 0.3 is 5.97 Å². The van der Waals surface area contributed by atoms with E-state index >= 15 is 0 Å². The van der Waals surface area contributed by atoms with E-state index in [0.29, 0.717) is 27.0 Å². The van der Waals surface area contributed by atoms with Gasteiger partial charge in [-0.2, -0.15) is 0 Å². The van der Waals surface area contributed by atoms with Crippen LogP contribution in [0.15, 0.2) is 47.4 Å². The van der Waals surface area contributed by atoms with Crippen molar-refractivity contribution in [2.75, 3.05) is 20.8 Å². The van der Waals surface area contributed by atoms with Gasteiger partial charge in [0.2, 0.25) is 0 Å². The summed E-state index contributed by atoms with van der Waals surface area (Å²) < 4.78 is 15.2. The van der Waals surface area contributed by atoms with Crippen molar-refractivity contribution >= 4 is 46.6 Å². The molecule has 1 fully saturated rings. The molecule has 0 spiro atoms. The van der Waals surface area contributed by atoms with E-state index in [4.69, 9.17) is 21.1 Å². The maximum absolute atomic E-state index is 12.7. The monoisotopic (exact) mass is 447 g/mol. The zero-order chi connectivity index (χ0) is 21.7. The zero-order valence-electron chi connectivity index (χ0n) is 16.2. The van der Waals surface area contributed by atoms with Gasteiger partial charge in [0.05, 0.1) is 25.7 Å². The van der Waals surface area contributed by atoms with E-state index in [9.17, 15) is 14.4 Å². The highest BCUT2D eigenvalue weighted by Crippen LogP contribution is 2.35. The topological polar surface area (TPSA) is 82.1 Å². The number of esters is 1. The fourth-order valence-electron chi connectivity index (χ4n) is 2.65. The minimum atomic E-state index is -0.518. The Morgan fingerprint density at radius 3 is 2.50 bits per heavy atom. The Bertz CT molecular complexity index is 1010. The third-order valence-corrected chi connectivity index (χ3v) is 5.35. The van der Waals surface area contributed by atoms with Crippen LogP contribution in [-0.2, 0) is 20.9 Å². The van der Waals surface area contributed by atoms with Crippen LogP contribution in [0.1, 0.15) is 11.1 Å². The van der Waals surface area contributed by atoms with Crippen molar-refractivity contribution in [2.45, 2.75) is 6.54 Å². The Hall–Kier alpha value is -2.97. The first kappa shape index (κ1) is 21.7. The fraction of sp³-hybridized carbons (Fsp3) is 0.190. The molecule has 0 aliphatic carbocycles. The van der Waals surface area contributed by atoms with Gasteiger partial charge in [0.1, 0.15) is 0 Å². The molecule has 0 atom stereocenters. The molecule has 156 valence electrons. The van der Waals surface area contributed by atoms with E-state index in [1.807, 2.05) is 0 Å². The Labute approximate surface area is 182 Å². The standard InChI is InChI=1S/C21H18ClNO6S/c1-27-17-9-14(5-8-16(17)29-12-19(24)28-2)10-18-20(25)23(21(26)30-18)11-13-3-6-15(22)7-4-13/h3-10H,11-12H2,1-2H3. The van der Waals surface area contributed by atoms with E-state index in [1.54, 1.807) is 48.5 Å². The lowest BCUT2D eigenvalue weighted by Gasteiger charge is -2.12. The van der Waals surface area contributed by atoms with Crippen LogP contribution in [0.3, 0.4) is 0 Å². The summed E-state index contributed by atoms with van der Waals surface area (Å²) in [4.78, 5) is 37.8. The van der Waals surface area contributed by atoms with Crippen molar-refractivity contribution in [3.63, 3.8) is 0 Å². The number of carbonyl (C=O) groups excluding carboxylic acids is 3. The number of methoxy groups -OCH3 is 2. The van der Waals surface area contributed by atoms with Gasteiger partial charge in [0.15, 0.2) is 18.1 Å². The van der Waals surface area contributed by atoms with E-state index in [1.165, 1.54) is 19.1 Å². The average molecular weight is 448 g/mol.